The molecule has 0 bridgehead atoms. The van der Waals surface area contributed by atoms with Crippen molar-refractivity contribution in [2.45, 2.75) is 18.9 Å². The molecule has 0 radical (unpaired) electrons. The summed E-state index contributed by atoms with van der Waals surface area (Å²) in [6, 6.07) is 0. The summed E-state index contributed by atoms with van der Waals surface area (Å²) >= 11 is 0. The first kappa shape index (κ1) is 13.9. The van der Waals surface area contributed by atoms with Gasteiger partial charge in [0.1, 0.15) is 0 Å². The van der Waals surface area contributed by atoms with Crippen molar-refractivity contribution < 1.29 is 19.4 Å². The second-order valence-electron chi connectivity index (χ2n) is 3.05. The number of hydrogen-bond donors (Lipinski definition) is 3. The Kier molecular flexibility index (Phi) is 7.57. The molecule has 0 saturated carbocycles. The maximum Gasteiger partial charge on any atom is 0.336 e. The standard InChI is InChI=1S/C9H18N2O4/c1-10-5-3-4-8(13)11-6-7(12)9(14)15-2/h7,10,12H,3-6H2,1-2H3,(H,11,13). The van der Waals surface area contributed by atoms with Crippen LogP contribution in [0, 0.1) is 0 Å². The van der Waals surface area contributed by atoms with Crippen LogP contribution < -0.4 is 10.6 Å². The summed E-state index contributed by atoms with van der Waals surface area (Å²) in [5.74, 6) is -0.932. The van der Waals surface area contributed by atoms with Gasteiger partial charge in [0.15, 0.2) is 6.10 Å². The van der Waals surface area contributed by atoms with Gasteiger partial charge in [0.05, 0.1) is 13.7 Å². The summed E-state index contributed by atoms with van der Waals surface area (Å²) in [4.78, 5) is 21.9. The molecule has 6 nitrogen and oxygen atoms in total. The van der Waals surface area contributed by atoms with Crippen LogP contribution in [0.25, 0.3) is 0 Å². The van der Waals surface area contributed by atoms with Crippen LogP contribution in [-0.4, -0.2) is 50.3 Å². The fourth-order valence-electron chi connectivity index (χ4n) is 0.944. The van der Waals surface area contributed by atoms with Gasteiger partial charge in [0.2, 0.25) is 5.91 Å². The Balaban J connectivity index is 3.57. The molecule has 0 aromatic heterocycles. The molecule has 0 aliphatic carbocycles. The minimum absolute atomic E-state index is 0.106. The number of aliphatic hydroxyl groups is 1. The second kappa shape index (κ2) is 8.19. The van der Waals surface area contributed by atoms with E-state index in [2.05, 4.69) is 15.4 Å². The maximum absolute atomic E-state index is 11.1. The van der Waals surface area contributed by atoms with Crippen LogP contribution in [0.15, 0.2) is 0 Å². The Morgan fingerprint density at radius 3 is 2.67 bits per heavy atom. The van der Waals surface area contributed by atoms with Gasteiger partial charge in [0.25, 0.3) is 0 Å². The summed E-state index contributed by atoms with van der Waals surface area (Å²) in [5.41, 5.74) is 0. The average molecular weight is 218 g/mol. The van der Waals surface area contributed by atoms with Crippen molar-refractivity contribution in [3.05, 3.63) is 0 Å². The lowest BCUT2D eigenvalue weighted by Crippen LogP contribution is -2.37. The van der Waals surface area contributed by atoms with E-state index in [1.807, 2.05) is 0 Å². The number of hydrogen-bond acceptors (Lipinski definition) is 5. The van der Waals surface area contributed by atoms with Crippen molar-refractivity contribution >= 4 is 11.9 Å². The Morgan fingerprint density at radius 1 is 1.47 bits per heavy atom. The molecule has 1 amide bonds. The van der Waals surface area contributed by atoms with E-state index in [1.54, 1.807) is 7.05 Å². The van der Waals surface area contributed by atoms with Gasteiger partial charge in [0, 0.05) is 6.42 Å². The van der Waals surface area contributed by atoms with Crippen LogP contribution in [0.4, 0.5) is 0 Å². The molecule has 0 aliphatic heterocycles. The molecule has 6 heteroatoms. The number of carbonyl (C=O) groups excluding carboxylic acids is 2. The highest BCUT2D eigenvalue weighted by Crippen LogP contribution is 1.89. The van der Waals surface area contributed by atoms with E-state index >= 15 is 0 Å². The maximum atomic E-state index is 11.1. The summed E-state index contributed by atoms with van der Waals surface area (Å²) < 4.78 is 4.29. The second-order valence-corrected chi connectivity index (χ2v) is 3.05. The first-order valence-electron chi connectivity index (χ1n) is 4.79. The molecule has 3 N–H and O–H groups in total. The number of nitrogens with one attached hydrogen (secondary N) is 2. The van der Waals surface area contributed by atoms with Crippen LogP contribution in [0.1, 0.15) is 12.8 Å². The first-order valence-corrected chi connectivity index (χ1v) is 4.79. The zero-order valence-corrected chi connectivity index (χ0v) is 9.08. The lowest BCUT2D eigenvalue weighted by Gasteiger charge is -2.09. The van der Waals surface area contributed by atoms with Gasteiger partial charge >= 0.3 is 5.97 Å². The van der Waals surface area contributed by atoms with Crippen LogP contribution in [0.3, 0.4) is 0 Å². The highest BCUT2D eigenvalue weighted by atomic mass is 16.5. The summed E-state index contributed by atoms with van der Waals surface area (Å²) in [5, 5.41) is 14.5. The summed E-state index contributed by atoms with van der Waals surface area (Å²) in [6.07, 6.45) is -0.200. The molecule has 88 valence electrons. The third-order valence-corrected chi connectivity index (χ3v) is 1.80. The normalized spacial score (nSPS) is 11.9. The van der Waals surface area contributed by atoms with Gasteiger partial charge in [-0.05, 0) is 20.0 Å². The molecule has 1 unspecified atom stereocenters. The van der Waals surface area contributed by atoms with E-state index in [-0.39, 0.29) is 12.5 Å². The molecular formula is C9H18N2O4. The molecule has 15 heavy (non-hydrogen) atoms. The number of methoxy groups -OCH3 is 1. The molecule has 0 fully saturated rings. The van der Waals surface area contributed by atoms with E-state index in [4.69, 9.17) is 5.11 Å². The van der Waals surface area contributed by atoms with Gasteiger partial charge in [-0.1, -0.05) is 0 Å². The molecule has 0 rings (SSSR count). The third kappa shape index (κ3) is 6.87. The van der Waals surface area contributed by atoms with Gasteiger partial charge < -0.3 is 20.5 Å². The van der Waals surface area contributed by atoms with Gasteiger partial charge in [-0.15, -0.1) is 0 Å². The van der Waals surface area contributed by atoms with Gasteiger partial charge in [-0.3, -0.25) is 4.79 Å². The summed E-state index contributed by atoms with van der Waals surface area (Å²) in [7, 11) is 2.99. The minimum Gasteiger partial charge on any atom is -0.467 e. The zero-order valence-electron chi connectivity index (χ0n) is 9.08. The highest BCUT2D eigenvalue weighted by molar-refractivity contribution is 5.78. The monoisotopic (exact) mass is 218 g/mol. The molecule has 0 heterocycles. The number of carbonyl (C=O) groups is 2. The molecule has 0 aliphatic rings. The number of amides is 1. The van der Waals surface area contributed by atoms with Crippen molar-refractivity contribution in [1.29, 1.82) is 0 Å². The van der Waals surface area contributed by atoms with Crippen LogP contribution >= 0.6 is 0 Å². The minimum atomic E-state index is -1.29. The molecule has 1 atom stereocenters. The van der Waals surface area contributed by atoms with E-state index in [0.29, 0.717) is 6.42 Å². The Bertz CT molecular complexity index is 208. The third-order valence-electron chi connectivity index (χ3n) is 1.80. The molecule has 0 aromatic carbocycles. The number of ether oxygens (including phenoxy) is 1. The van der Waals surface area contributed by atoms with Gasteiger partial charge in [-0.2, -0.15) is 0 Å². The van der Waals surface area contributed by atoms with Gasteiger partial charge in [-0.25, -0.2) is 4.79 Å². The van der Waals surface area contributed by atoms with Crippen LogP contribution in [0.5, 0.6) is 0 Å². The first-order chi connectivity index (χ1) is 7.11. The van der Waals surface area contributed by atoms with E-state index < -0.39 is 12.1 Å². The van der Waals surface area contributed by atoms with E-state index in [1.165, 1.54) is 7.11 Å². The fourth-order valence-corrected chi connectivity index (χ4v) is 0.944. The Labute approximate surface area is 89.0 Å². The number of rotatable bonds is 7. The Morgan fingerprint density at radius 2 is 2.13 bits per heavy atom. The van der Waals surface area contributed by atoms with E-state index in [0.717, 1.165) is 13.0 Å². The molecule has 0 spiro atoms. The summed E-state index contributed by atoms with van der Waals surface area (Å²) in [6.45, 7) is 0.651. The molecule has 0 aromatic rings. The van der Waals surface area contributed by atoms with Crippen molar-refractivity contribution in [2.24, 2.45) is 0 Å². The highest BCUT2D eigenvalue weighted by Gasteiger charge is 2.15. The van der Waals surface area contributed by atoms with Crippen LogP contribution in [0.2, 0.25) is 0 Å². The topological polar surface area (TPSA) is 87.7 Å². The molecule has 0 saturated heterocycles. The fraction of sp³-hybridized carbons (Fsp3) is 0.778. The Hall–Kier alpha value is -1.14. The lowest BCUT2D eigenvalue weighted by atomic mass is 10.3. The van der Waals surface area contributed by atoms with Crippen molar-refractivity contribution in [3.8, 4) is 0 Å². The predicted octanol–water partition coefficient (Wildman–Crippen LogP) is -1.36. The average Bonchev–Trinajstić information content (AvgIpc) is 2.25. The lowest BCUT2D eigenvalue weighted by molar-refractivity contribution is -0.150. The molecular weight excluding hydrogens is 200 g/mol. The smallest absolute Gasteiger partial charge is 0.336 e. The van der Waals surface area contributed by atoms with E-state index in [9.17, 15) is 9.59 Å². The zero-order chi connectivity index (χ0) is 11.7. The van der Waals surface area contributed by atoms with Crippen molar-refractivity contribution in [3.63, 3.8) is 0 Å². The van der Waals surface area contributed by atoms with Crippen molar-refractivity contribution in [2.75, 3.05) is 27.2 Å². The predicted molar refractivity (Wildman–Crippen MR) is 54.2 cm³/mol. The van der Waals surface area contributed by atoms with Crippen LogP contribution in [-0.2, 0) is 14.3 Å². The number of aliphatic hydroxyl groups excluding tert-OH is 1. The largest absolute Gasteiger partial charge is 0.467 e. The SMILES string of the molecule is CNCCCC(=O)NCC(O)C(=O)OC. The van der Waals surface area contributed by atoms with Crippen molar-refractivity contribution in [1.82, 2.24) is 10.6 Å². The number of esters is 1. The quantitative estimate of drug-likeness (QED) is 0.363.